The maximum atomic E-state index is 13.7. The summed E-state index contributed by atoms with van der Waals surface area (Å²) in [7, 11) is 0. The van der Waals surface area contributed by atoms with Crippen LogP contribution in [-0.2, 0) is 6.54 Å². The Balaban J connectivity index is 2.16. The molecule has 1 aromatic heterocycles. The van der Waals surface area contributed by atoms with Crippen molar-refractivity contribution in [3.05, 3.63) is 46.4 Å². The zero-order valence-corrected chi connectivity index (χ0v) is 11.8. The van der Waals surface area contributed by atoms with Crippen molar-refractivity contribution < 1.29 is 8.81 Å². The first-order valence-electron chi connectivity index (χ1n) is 5.95. The number of benzene rings is 1. The first kappa shape index (κ1) is 13.3. The zero-order chi connectivity index (χ0) is 13.0. The maximum Gasteiger partial charge on any atom is 0.137 e. The minimum absolute atomic E-state index is 0.277. The van der Waals surface area contributed by atoms with Crippen LogP contribution >= 0.6 is 15.9 Å². The van der Waals surface area contributed by atoms with Crippen LogP contribution in [0.2, 0.25) is 0 Å². The minimum atomic E-state index is -0.277. The lowest BCUT2D eigenvalue weighted by Crippen LogP contribution is -2.12. The predicted octanol–water partition coefficient (Wildman–Crippen LogP) is 4.35. The average molecular weight is 312 g/mol. The molecule has 4 heteroatoms. The molecule has 0 saturated heterocycles. The fourth-order valence-corrected chi connectivity index (χ4v) is 2.05. The fourth-order valence-electron chi connectivity index (χ4n) is 1.69. The van der Waals surface area contributed by atoms with Crippen molar-refractivity contribution in [2.45, 2.75) is 19.9 Å². The maximum absolute atomic E-state index is 13.7. The Kier molecular flexibility index (Phi) is 4.55. The van der Waals surface area contributed by atoms with Gasteiger partial charge in [0.25, 0.3) is 0 Å². The SMILES string of the molecule is CCCNCc1ccc(-c2cc(Br)ccc2F)o1. The van der Waals surface area contributed by atoms with E-state index in [1.54, 1.807) is 18.2 Å². The molecule has 0 amide bonds. The first-order chi connectivity index (χ1) is 8.70. The molecule has 18 heavy (non-hydrogen) atoms. The van der Waals surface area contributed by atoms with Crippen LogP contribution < -0.4 is 5.32 Å². The lowest BCUT2D eigenvalue weighted by Gasteiger charge is -2.01. The molecule has 0 unspecified atom stereocenters. The summed E-state index contributed by atoms with van der Waals surface area (Å²) < 4.78 is 20.1. The summed E-state index contributed by atoms with van der Waals surface area (Å²) in [6, 6.07) is 8.49. The summed E-state index contributed by atoms with van der Waals surface area (Å²) in [5, 5.41) is 3.25. The van der Waals surface area contributed by atoms with Gasteiger partial charge < -0.3 is 9.73 Å². The highest BCUT2D eigenvalue weighted by atomic mass is 79.9. The minimum Gasteiger partial charge on any atom is -0.460 e. The van der Waals surface area contributed by atoms with E-state index in [9.17, 15) is 4.39 Å². The van der Waals surface area contributed by atoms with Gasteiger partial charge in [-0.1, -0.05) is 22.9 Å². The number of hydrogen-bond donors (Lipinski definition) is 1. The highest BCUT2D eigenvalue weighted by molar-refractivity contribution is 9.10. The Hall–Kier alpha value is -1.13. The van der Waals surface area contributed by atoms with Gasteiger partial charge in [-0.25, -0.2) is 4.39 Å². The van der Waals surface area contributed by atoms with Gasteiger partial charge in [-0.3, -0.25) is 0 Å². The lowest BCUT2D eigenvalue weighted by molar-refractivity contribution is 0.490. The van der Waals surface area contributed by atoms with E-state index in [4.69, 9.17) is 4.42 Å². The van der Waals surface area contributed by atoms with Crippen molar-refractivity contribution in [1.82, 2.24) is 5.32 Å². The number of halogens is 2. The molecule has 0 fully saturated rings. The molecule has 0 bridgehead atoms. The summed E-state index contributed by atoms with van der Waals surface area (Å²) >= 11 is 3.33. The van der Waals surface area contributed by atoms with Crippen molar-refractivity contribution in [3.63, 3.8) is 0 Å². The van der Waals surface area contributed by atoms with Gasteiger partial charge in [-0.15, -0.1) is 0 Å². The second kappa shape index (κ2) is 6.16. The van der Waals surface area contributed by atoms with Crippen LogP contribution in [0.1, 0.15) is 19.1 Å². The van der Waals surface area contributed by atoms with Crippen LogP contribution in [0.25, 0.3) is 11.3 Å². The molecule has 0 aliphatic carbocycles. The highest BCUT2D eigenvalue weighted by Gasteiger charge is 2.10. The van der Waals surface area contributed by atoms with Gasteiger partial charge in [0, 0.05) is 4.47 Å². The van der Waals surface area contributed by atoms with Gasteiger partial charge in [0.1, 0.15) is 17.3 Å². The fraction of sp³-hybridized carbons (Fsp3) is 0.286. The van der Waals surface area contributed by atoms with Crippen LogP contribution in [0, 0.1) is 5.82 Å². The standard InChI is InChI=1S/C14H15BrFNO/c1-2-7-17-9-11-4-6-14(18-11)12-8-10(15)3-5-13(12)16/h3-6,8,17H,2,7,9H2,1H3. The van der Waals surface area contributed by atoms with E-state index in [2.05, 4.69) is 28.2 Å². The molecule has 0 radical (unpaired) electrons. The smallest absolute Gasteiger partial charge is 0.137 e. The van der Waals surface area contributed by atoms with Gasteiger partial charge in [-0.05, 0) is 43.3 Å². The van der Waals surface area contributed by atoms with Gasteiger partial charge >= 0.3 is 0 Å². The molecule has 1 N–H and O–H groups in total. The van der Waals surface area contributed by atoms with Gasteiger partial charge in [0.2, 0.25) is 0 Å². The van der Waals surface area contributed by atoms with E-state index in [0.29, 0.717) is 17.9 Å². The van der Waals surface area contributed by atoms with Crippen molar-refractivity contribution in [1.29, 1.82) is 0 Å². The van der Waals surface area contributed by atoms with Crippen LogP contribution in [0.15, 0.2) is 39.2 Å². The summed E-state index contributed by atoms with van der Waals surface area (Å²) in [6.07, 6.45) is 1.08. The van der Waals surface area contributed by atoms with Crippen LogP contribution in [0.3, 0.4) is 0 Å². The molecule has 2 aromatic rings. The van der Waals surface area contributed by atoms with Crippen molar-refractivity contribution >= 4 is 15.9 Å². The first-order valence-corrected chi connectivity index (χ1v) is 6.75. The quantitative estimate of drug-likeness (QED) is 0.831. The van der Waals surface area contributed by atoms with Crippen molar-refractivity contribution in [2.24, 2.45) is 0 Å². The number of furan rings is 1. The summed E-state index contributed by atoms with van der Waals surface area (Å²) in [5.74, 6) is 1.10. The third-order valence-corrected chi connectivity index (χ3v) is 3.07. The molecule has 0 spiro atoms. The second-order valence-electron chi connectivity index (χ2n) is 4.07. The summed E-state index contributed by atoms with van der Waals surface area (Å²) in [4.78, 5) is 0. The Morgan fingerprint density at radius 3 is 2.89 bits per heavy atom. The average Bonchev–Trinajstić information content (AvgIpc) is 2.81. The van der Waals surface area contributed by atoms with E-state index >= 15 is 0 Å². The van der Waals surface area contributed by atoms with Crippen LogP contribution in [0.4, 0.5) is 4.39 Å². The van der Waals surface area contributed by atoms with Gasteiger partial charge in [-0.2, -0.15) is 0 Å². The summed E-state index contributed by atoms with van der Waals surface area (Å²) in [5.41, 5.74) is 0.478. The molecular formula is C14H15BrFNO. The number of rotatable bonds is 5. The molecule has 0 saturated carbocycles. The van der Waals surface area contributed by atoms with E-state index in [1.807, 2.05) is 6.07 Å². The highest BCUT2D eigenvalue weighted by Crippen LogP contribution is 2.27. The Morgan fingerprint density at radius 1 is 1.28 bits per heavy atom. The molecule has 0 aliphatic rings. The van der Waals surface area contributed by atoms with Crippen molar-refractivity contribution in [2.75, 3.05) is 6.54 Å². The molecule has 0 atom stereocenters. The molecule has 0 aliphatic heterocycles. The van der Waals surface area contributed by atoms with E-state index in [0.717, 1.165) is 23.2 Å². The third-order valence-electron chi connectivity index (χ3n) is 2.58. The van der Waals surface area contributed by atoms with Gasteiger partial charge in [0.15, 0.2) is 0 Å². The van der Waals surface area contributed by atoms with E-state index in [1.165, 1.54) is 6.07 Å². The largest absolute Gasteiger partial charge is 0.460 e. The number of nitrogens with one attached hydrogen (secondary N) is 1. The van der Waals surface area contributed by atoms with Crippen LogP contribution in [-0.4, -0.2) is 6.54 Å². The van der Waals surface area contributed by atoms with E-state index in [-0.39, 0.29) is 5.82 Å². The van der Waals surface area contributed by atoms with Crippen molar-refractivity contribution in [3.8, 4) is 11.3 Å². The molecule has 1 aromatic carbocycles. The molecule has 2 rings (SSSR count). The Morgan fingerprint density at radius 2 is 2.11 bits per heavy atom. The molecule has 1 heterocycles. The lowest BCUT2D eigenvalue weighted by atomic mass is 10.1. The molecular weight excluding hydrogens is 297 g/mol. The predicted molar refractivity (Wildman–Crippen MR) is 73.8 cm³/mol. The second-order valence-corrected chi connectivity index (χ2v) is 4.98. The molecule has 96 valence electrons. The van der Waals surface area contributed by atoms with Crippen LogP contribution in [0.5, 0.6) is 0 Å². The summed E-state index contributed by atoms with van der Waals surface area (Å²) in [6.45, 7) is 3.72. The molecule has 2 nitrogen and oxygen atoms in total. The Labute approximate surface area is 114 Å². The van der Waals surface area contributed by atoms with E-state index < -0.39 is 0 Å². The topological polar surface area (TPSA) is 25.2 Å². The van der Waals surface area contributed by atoms with Gasteiger partial charge in [0.05, 0.1) is 12.1 Å². The zero-order valence-electron chi connectivity index (χ0n) is 10.2. The normalized spacial score (nSPS) is 10.8. The third kappa shape index (κ3) is 3.21. The monoisotopic (exact) mass is 311 g/mol. The Bertz CT molecular complexity index is 524. The number of hydrogen-bond acceptors (Lipinski definition) is 2.